The highest BCUT2D eigenvalue weighted by Crippen LogP contribution is 2.21. The van der Waals surface area contributed by atoms with Gasteiger partial charge < -0.3 is 9.72 Å². The van der Waals surface area contributed by atoms with Crippen LogP contribution in [0, 0.1) is 6.92 Å². The Balaban J connectivity index is 2.30. The molecule has 0 saturated carbocycles. The number of rotatable bonds is 2. The molecule has 2 aromatic rings. The van der Waals surface area contributed by atoms with E-state index in [2.05, 4.69) is 9.97 Å². The van der Waals surface area contributed by atoms with Gasteiger partial charge in [-0.15, -0.1) is 0 Å². The average molecular weight is 202 g/mol. The lowest BCUT2D eigenvalue weighted by atomic mass is 10.2. The molecule has 4 nitrogen and oxygen atoms in total. The molecular weight excluding hydrogens is 192 g/mol. The number of H-pyrrole nitrogens is 1. The summed E-state index contributed by atoms with van der Waals surface area (Å²) in [5, 5.41) is 0. The summed E-state index contributed by atoms with van der Waals surface area (Å²) in [5.41, 5.74) is 0.771. The van der Waals surface area contributed by atoms with Crippen molar-refractivity contribution in [1.82, 2.24) is 9.97 Å². The van der Waals surface area contributed by atoms with Gasteiger partial charge in [0.25, 0.3) is 5.56 Å². The largest absolute Gasteiger partial charge is 0.439 e. The Hall–Kier alpha value is -2.10. The maximum absolute atomic E-state index is 11.0. The molecule has 15 heavy (non-hydrogen) atoms. The van der Waals surface area contributed by atoms with E-state index < -0.39 is 0 Å². The molecule has 1 N–H and O–H groups in total. The van der Waals surface area contributed by atoms with Crippen molar-refractivity contribution in [3.8, 4) is 11.6 Å². The van der Waals surface area contributed by atoms with Gasteiger partial charge in [-0.05, 0) is 18.6 Å². The number of ether oxygens (including phenoxy) is 1. The van der Waals surface area contributed by atoms with Crippen molar-refractivity contribution in [2.24, 2.45) is 0 Å². The van der Waals surface area contributed by atoms with Gasteiger partial charge in [0.05, 0.1) is 12.4 Å². The smallest absolute Gasteiger partial charge is 0.254 e. The van der Waals surface area contributed by atoms with Crippen molar-refractivity contribution in [1.29, 1.82) is 0 Å². The van der Waals surface area contributed by atoms with E-state index in [9.17, 15) is 4.79 Å². The normalized spacial score (nSPS) is 9.93. The minimum atomic E-state index is -0.228. The van der Waals surface area contributed by atoms with Gasteiger partial charge in [-0.25, -0.2) is 4.98 Å². The predicted octanol–water partition coefficient (Wildman–Crippen LogP) is 1.87. The number of aryl methyl sites for hydroxylation is 1. The summed E-state index contributed by atoms with van der Waals surface area (Å²) in [6.07, 6.45) is 1.32. The molecule has 0 saturated heterocycles. The van der Waals surface area contributed by atoms with Crippen LogP contribution in [-0.4, -0.2) is 9.97 Å². The Labute approximate surface area is 86.6 Å². The third-order valence-corrected chi connectivity index (χ3v) is 1.96. The molecule has 0 atom stereocenters. The number of nitrogens with one attached hydrogen (secondary N) is 1. The Kier molecular flexibility index (Phi) is 2.49. The van der Waals surface area contributed by atoms with Crippen LogP contribution in [0.1, 0.15) is 5.56 Å². The van der Waals surface area contributed by atoms with E-state index in [1.165, 1.54) is 12.4 Å². The fourth-order valence-corrected chi connectivity index (χ4v) is 1.19. The van der Waals surface area contributed by atoms with Crippen molar-refractivity contribution in [2.75, 3.05) is 0 Å². The summed E-state index contributed by atoms with van der Waals surface area (Å²) in [5.74, 6) is 1.00. The zero-order chi connectivity index (χ0) is 10.7. The second-order valence-electron chi connectivity index (χ2n) is 3.12. The second-order valence-corrected chi connectivity index (χ2v) is 3.12. The van der Waals surface area contributed by atoms with E-state index in [1.807, 2.05) is 31.2 Å². The number of para-hydroxylation sites is 1. The summed E-state index contributed by atoms with van der Waals surface area (Å²) in [4.78, 5) is 17.3. The first kappa shape index (κ1) is 9.45. The average Bonchev–Trinajstić information content (AvgIpc) is 2.22. The van der Waals surface area contributed by atoms with E-state index in [1.54, 1.807) is 0 Å². The van der Waals surface area contributed by atoms with Crippen LogP contribution in [0.5, 0.6) is 11.6 Å². The number of benzene rings is 1. The predicted molar refractivity (Wildman–Crippen MR) is 56.1 cm³/mol. The van der Waals surface area contributed by atoms with Gasteiger partial charge in [0.2, 0.25) is 5.88 Å². The molecular formula is C11H10N2O2. The quantitative estimate of drug-likeness (QED) is 0.808. The van der Waals surface area contributed by atoms with Gasteiger partial charge in [-0.2, -0.15) is 0 Å². The summed E-state index contributed by atoms with van der Waals surface area (Å²) >= 11 is 0. The molecule has 0 amide bonds. The van der Waals surface area contributed by atoms with E-state index in [0.717, 1.165) is 5.56 Å². The molecule has 1 heterocycles. The summed E-state index contributed by atoms with van der Waals surface area (Å²) in [6.45, 7) is 1.93. The van der Waals surface area contributed by atoms with Gasteiger partial charge in [-0.1, -0.05) is 18.2 Å². The van der Waals surface area contributed by atoms with Crippen molar-refractivity contribution in [3.63, 3.8) is 0 Å². The Bertz CT molecular complexity index is 520. The first-order valence-electron chi connectivity index (χ1n) is 4.54. The maximum atomic E-state index is 11.0. The number of aromatic amines is 1. The standard InChI is InChI=1S/C11H10N2O2/c1-8-4-2-3-5-9(8)15-11-6-10(14)12-7-13-11/h2-7H,1H3,(H,12,13,14). The minimum Gasteiger partial charge on any atom is -0.439 e. The van der Waals surface area contributed by atoms with Gasteiger partial charge in [0.1, 0.15) is 5.75 Å². The van der Waals surface area contributed by atoms with Gasteiger partial charge >= 0.3 is 0 Å². The van der Waals surface area contributed by atoms with E-state index >= 15 is 0 Å². The highest BCUT2D eigenvalue weighted by atomic mass is 16.5. The second kappa shape index (κ2) is 3.96. The zero-order valence-corrected chi connectivity index (χ0v) is 8.23. The highest BCUT2D eigenvalue weighted by molar-refractivity contribution is 5.34. The van der Waals surface area contributed by atoms with Gasteiger partial charge in [0.15, 0.2) is 0 Å². The third kappa shape index (κ3) is 2.22. The first-order chi connectivity index (χ1) is 7.25. The number of aromatic nitrogens is 2. The molecule has 1 aromatic carbocycles. The molecule has 76 valence electrons. The molecule has 0 spiro atoms. The zero-order valence-electron chi connectivity index (χ0n) is 8.23. The molecule has 1 aromatic heterocycles. The van der Waals surface area contributed by atoms with Crippen LogP contribution in [0.4, 0.5) is 0 Å². The van der Waals surface area contributed by atoms with E-state index in [0.29, 0.717) is 11.6 Å². The fourth-order valence-electron chi connectivity index (χ4n) is 1.19. The molecule has 2 rings (SSSR count). The SMILES string of the molecule is Cc1ccccc1Oc1cc(=O)[nH]cn1. The Morgan fingerprint density at radius 3 is 2.87 bits per heavy atom. The van der Waals surface area contributed by atoms with Crippen LogP contribution >= 0.6 is 0 Å². The van der Waals surface area contributed by atoms with Crippen molar-refractivity contribution in [2.45, 2.75) is 6.92 Å². The van der Waals surface area contributed by atoms with Gasteiger partial charge in [-0.3, -0.25) is 4.79 Å². The number of hydrogen-bond donors (Lipinski definition) is 1. The first-order valence-corrected chi connectivity index (χ1v) is 4.54. The summed E-state index contributed by atoms with van der Waals surface area (Å²) in [6, 6.07) is 8.87. The lowest BCUT2D eigenvalue weighted by Gasteiger charge is -2.05. The topological polar surface area (TPSA) is 55.0 Å². The van der Waals surface area contributed by atoms with Crippen LogP contribution in [0.3, 0.4) is 0 Å². The maximum Gasteiger partial charge on any atom is 0.254 e. The minimum absolute atomic E-state index is 0.228. The lowest BCUT2D eigenvalue weighted by Crippen LogP contribution is -2.04. The molecule has 0 radical (unpaired) electrons. The Morgan fingerprint density at radius 2 is 2.13 bits per heavy atom. The molecule has 0 aliphatic carbocycles. The highest BCUT2D eigenvalue weighted by Gasteiger charge is 2.01. The molecule has 0 fully saturated rings. The third-order valence-electron chi connectivity index (χ3n) is 1.96. The van der Waals surface area contributed by atoms with E-state index in [-0.39, 0.29) is 5.56 Å². The number of nitrogens with zero attached hydrogens (tertiary/aromatic N) is 1. The van der Waals surface area contributed by atoms with Crippen molar-refractivity contribution < 1.29 is 4.74 Å². The molecule has 0 aliphatic rings. The van der Waals surface area contributed by atoms with Crippen molar-refractivity contribution in [3.05, 3.63) is 52.6 Å². The monoisotopic (exact) mass is 202 g/mol. The van der Waals surface area contributed by atoms with Crippen LogP contribution in [0.2, 0.25) is 0 Å². The van der Waals surface area contributed by atoms with Crippen LogP contribution in [-0.2, 0) is 0 Å². The number of hydrogen-bond acceptors (Lipinski definition) is 3. The van der Waals surface area contributed by atoms with Gasteiger partial charge in [0, 0.05) is 0 Å². The summed E-state index contributed by atoms with van der Waals surface area (Å²) in [7, 11) is 0. The fraction of sp³-hybridized carbons (Fsp3) is 0.0909. The summed E-state index contributed by atoms with van der Waals surface area (Å²) < 4.78 is 5.46. The molecule has 0 bridgehead atoms. The van der Waals surface area contributed by atoms with Crippen molar-refractivity contribution >= 4 is 0 Å². The lowest BCUT2D eigenvalue weighted by molar-refractivity contribution is 0.457. The van der Waals surface area contributed by atoms with Crippen LogP contribution < -0.4 is 10.3 Å². The molecule has 4 heteroatoms. The Morgan fingerprint density at radius 1 is 1.33 bits per heavy atom. The van der Waals surface area contributed by atoms with E-state index in [4.69, 9.17) is 4.74 Å². The van der Waals surface area contributed by atoms with Crippen LogP contribution in [0.25, 0.3) is 0 Å². The van der Waals surface area contributed by atoms with Crippen LogP contribution in [0.15, 0.2) is 41.5 Å². The molecule has 0 unspecified atom stereocenters. The molecule has 0 aliphatic heterocycles.